The standard InChI is InChI=1S/C53H63N3O17Si/c1-11-20-68-45-25-39(73-46-27-41(52(62)66-7)47(70-31(2)57)49(72-33(4)59)48(46)71-32(3)58)17-14-36(45)29-69-53(63)54-19-18-35-23-42-40(26-44(35)65-6)50(60)55-28-37(34-12-15-38(64-5)16-13-34)24-43(55)51(61)56(42)30-67-21-22-74(8,9)10/h1,12-17,23,25-26,28,41,43,46-49H,18-22,24,27,29-30H2,2-10H3,(H,54,63)/t41-,43?,46+,47+,48-,49-/m0/s1. The van der Waals surface area contributed by atoms with Crippen LogP contribution in [-0.2, 0) is 65.4 Å². The van der Waals surface area contributed by atoms with Crippen molar-refractivity contribution >= 4 is 61.1 Å². The zero-order valence-corrected chi connectivity index (χ0v) is 44.0. The van der Waals surface area contributed by atoms with E-state index in [0.717, 1.165) is 45.1 Å². The molecule has 74 heavy (non-hydrogen) atoms. The predicted molar refractivity (Wildman–Crippen MR) is 269 cm³/mol. The van der Waals surface area contributed by atoms with Gasteiger partial charge < -0.3 is 57.6 Å². The Morgan fingerprint density at radius 3 is 2.12 bits per heavy atom. The molecule has 2 heterocycles. The highest BCUT2D eigenvalue weighted by Crippen LogP contribution is 2.41. The fraction of sp³-hybridized carbons (Fsp3) is 0.453. The van der Waals surface area contributed by atoms with Crippen LogP contribution in [0.3, 0.4) is 0 Å². The fourth-order valence-corrected chi connectivity index (χ4v) is 9.57. The first kappa shape index (κ1) is 55.7. The Hall–Kier alpha value is -7.57. The molecule has 3 aromatic carbocycles. The van der Waals surface area contributed by atoms with E-state index in [1.807, 2.05) is 24.3 Å². The molecule has 0 radical (unpaired) electrons. The molecule has 0 aromatic heterocycles. The van der Waals surface area contributed by atoms with E-state index < -0.39 is 74.4 Å². The minimum absolute atomic E-state index is 0.0582. The molecule has 20 nitrogen and oxygen atoms in total. The molecule has 1 aliphatic carbocycles. The maximum atomic E-state index is 14.5. The number of nitrogens with one attached hydrogen (secondary N) is 1. The molecule has 6 rings (SSSR count). The number of ether oxygens (including phenoxy) is 10. The molecule has 1 unspecified atom stereocenters. The van der Waals surface area contributed by atoms with Gasteiger partial charge in [-0.25, -0.2) is 4.79 Å². The molecule has 1 saturated carbocycles. The molecule has 3 amide bonds. The summed E-state index contributed by atoms with van der Waals surface area (Å²) < 4.78 is 56.4. The Morgan fingerprint density at radius 2 is 1.49 bits per heavy atom. The SMILES string of the molecule is C#CCOc1cc(O[C@@H]2C[C@H](C(=O)OC)[C@@H](OC(C)=O)[C@H](OC(C)=O)[C@H]2OC(C)=O)ccc1COC(=O)NCCc1cc2c(cc1OC)C(=O)N1C=C(c3ccc(OC)cc3)CC1C(=O)N2COCC[Si](C)(C)C. The highest BCUT2D eigenvalue weighted by molar-refractivity contribution is 6.76. The van der Waals surface area contributed by atoms with Crippen LogP contribution in [0.1, 0.15) is 60.7 Å². The number of terminal acetylenes is 1. The van der Waals surface area contributed by atoms with Crippen molar-refractivity contribution in [2.24, 2.45) is 5.92 Å². The number of carbonyl (C=O) groups is 7. The summed E-state index contributed by atoms with van der Waals surface area (Å²) in [5.74, 6) is -1.31. The summed E-state index contributed by atoms with van der Waals surface area (Å²) in [7, 11) is 2.72. The van der Waals surface area contributed by atoms with Crippen LogP contribution in [0.4, 0.5) is 10.5 Å². The number of rotatable bonds is 21. The number of benzene rings is 3. The Kier molecular flexibility index (Phi) is 18.8. The Labute approximate surface area is 430 Å². The van der Waals surface area contributed by atoms with E-state index in [-0.39, 0.29) is 68.2 Å². The van der Waals surface area contributed by atoms with Crippen LogP contribution < -0.4 is 29.2 Å². The summed E-state index contributed by atoms with van der Waals surface area (Å²) >= 11 is 0. The van der Waals surface area contributed by atoms with Crippen LogP contribution in [0.2, 0.25) is 25.7 Å². The van der Waals surface area contributed by atoms with Gasteiger partial charge in [0.25, 0.3) is 11.8 Å². The van der Waals surface area contributed by atoms with Crippen molar-refractivity contribution in [3.63, 3.8) is 0 Å². The van der Waals surface area contributed by atoms with Gasteiger partial charge in [-0.1, -0.05) is 37.7 Å². The molecule has 3 aromatic rings. The van der Waals surface area contributed by atoms with Gasteiger partial charge >= 0.3 is 30.0 Å². The van der Waals surface area contributed by atoms with Crippen molar-refractivity contribution in [2.45, 2.75) is 103 Å². The molecular weight excluding hydrogens is 979 g/mol. The number of nitrogens with zero attached hydrogens (tertiary/aromatic N) is 2. The van der Waals surface area contributed by atoms with Gasteiger partial charge in [0.1, 0.15) is 61.0 Å². The van der Waals surface area contributed by atoms with Gasteiger partial charge in [-0.2, -0.15) is 0 Å². The van der Waals surface area contributed by atoms with Gasteiger partial charge in [0, 0.05) is 72.7 Å². The van der Waals surface area contributed by atoms with Gasteiger partial charge in [-0.15, -0.1) is 6.42 Å². The third kappa shape index (κ3) is 13.9. The quantitative estimate of drug-likeness (QED) is 0.0435. The molecule has 0 spiro atoms. The second-order valence-electron chi connectivity index (χ2n) is 18.9. The Morgan fingerprint density at radius 1 is 0.811 bits per heavy atom. The predicted octanol–water partition coefficient (Wildman–Crippen LogP) is 5.83. The molecule has 2 aliphatic heterocycles. The average molecular weight is 1040 g/mol. The number of esters is 4. The molecular formula is C53H63N3O17Si. The first-order chi connectivity index (χ1) is 35.2. The number of amides is 3. The van der Waals surface area contributed by atoms with Crippen LogP contribution in [0.25, 0.3) is 5.57 Å². The van der Waals surface area contributed by atoms with Crippen molar-refractivity contribution in [3.05, 3.63) is 83.1 Å². The molecule has 6 atom stereocenters. The normalized spacial score (nSPS) is 20.1. The number of methoxy groups -OCH3 is 3. The second-order valence-corrected chi connectivity index (χ2v) is 24.5. The monoisotopic (exact) mass is 1040 g/mol. The van der Waals surface area contributed by atoms with E-state index in [0.29, 0.717) is 41.3 Å². The highest BCUT2D eigenvalue weighted by Gasteiger charge is 2.54. The van der Waals surface area contributed by atoms with Crippen molar-refractivity contribution < 1.29 is 80.9 Å². The number of anilines is 1. The zero-order valence-electron chi connectivity index (χ0n) is 43.0. The van der Waals surface area contributed by atoms with Crippen LogP contribution in [0.15, 0.2) is 60.8 Å². The van der Waals surface area contributed by atoms with Crippen molar-refractivity contribution in [3.8, 4) is 35.3 Å². The van der Waals surface area contributed by atoms with E-state index >= 15 is 0 Å². The molecule has 1 N–H and O–H groups in total. The van der Waals surface area contributed by atoms with Crippen LogP contribution in [-0.4, -0.2) is 133 Å². The number of fused-ring (bicyclic) bond motifs is 2. The molecule has 21 heteroatoms. The van der Waals surface area contributed by atoms with Gasteiger partial charge in [0.05, 0.1) is 32.6 Å². The second kappa shape index (κ2) is 24.9. The van der Waals surface area contributed by atoms with E-state index in [2.05, 4.69) is 30.9 Å². The van der Waals surface area contributed by atoms with Gasteiger partial charge in [-0.05, 0) is 65.6 Å². The maximum Gasteiger partial charge on any atom is 0.407 e. The summed E-state index contributed by atoms with van der Waals surface area (Å²) in [4.78, 5) is 95.0. The summed E-state index contributed by atoms with van der Waals surface area (Å²) in [5, 5.41) is 2.74. The van der Waals surface area contributed by atoms with Crippen LogP contribution in [0, 0.1) is 18.3 Å². The molecule has 0 bridgehead atoms. The smallest absolute Gasteiger partial charge is 0.407 e. The lowest BCUT2D eigenvalue weighted by molar-refractivity contribution is -0.213. The lowest BCUT2D eigenvalue weighted by Crippen LogP contribution is -2.61. The summed E-state index contributed by atoms with van der Waals surface area (Å²) in [6.07, 6.45) is 1.40. The minimum Gasteiger partial charge on any atom is -0.497 e. The highest BCUT2D eigenvalue weighted by atomic mass is 28.3. The molecule has 1 fully saturated rings. The van der Waals surface area contributed by atoms with Gasteiger partial charge in [0.15, 0.2) is 18.3 Å². The van der Waals surface area contributed by atoms with Crippen molar-refractivity contribution in [2.75, 3.05) is 52.7 Å². The van der Waals surface area contributed by atoms with E-state index in [1.54, 1.807) is 31.5 Å². The topological polar surface area (TPSA) is 230 Å². The van der Waals surface area contributed by atoms with E-state index in [1.165, 1.54) is 29.0 Å². The van der Waals surface area contributed by atoms with E-state index in [4.69, 9.17) is 53.8 Å². The lowest BCUT2D eigenvalue weighted by atomic mass is 9.80. The third-order valence-corrected chi connectivity index (χ3v) is 14.1. The van der Waals surface area contributed by atoms with Gasteiger partial charge in [-0.3, -0.25) is 33.7 Å². The molecule has 396 valence electrons. The molecule has 3 aliphatic rings. The number of carbonyl (C=O) groups excluding carboxylic acids is 7. The van der Waals surface area contributed by atoms with Gasteiger partial charge in [0.2, 0.25) is 0 Å². The summed E-state index contributed by atoms with van der Waals surface area (Å²) in [5.41, 5.74) is 3.27. The molecule has 0 saturated heterocycles. The van der Waals surface area contributed by atoms with Crippen molar-refractivity contribution in [1.29, 1.82) is 0 Å². The average Bonchev–Trinajstić information content (AvgIpc) is 3.79. The zero-order chi connectivity index (χ0) is 53.9. The fourth-order valence-electron chi connectivity index (χ4n) is 8.81. The van der Waals surface area contributed by atoms with Crippen molar-refractivity contribution in [1.82, 2.24) is 10.2 Å². The Balaban J connectivity index is 1.18. The number of alkyl carbamates (subject to hydrolysis) is 1. The lowest BCUT2D eigenvalue weighted by Gasteiger charge is -2.43. The first-order valence-electron chi connectivity index (χ1n) is 23.9. The third-order valence-electron chi connectivity index (χ3n) is 12.4. The maximum absolute atomic E-state index is 14.5. The van der Waals surface area contributed by atoms with Crippen LogP contribution >= 0.6 is 0 Å². The van der Waals surface area contributed by atoms with Crippen LogP contribution in [0.5, 0.6) is 23.0 Å². The summed E-state index contributed by atoms with van der Waals surface area (Å²) in [6, 6.07) is 15.3. The number of hydrogen-bond donors (Lipinski definition) is 1. The minimum atomic E-state index is -1.48. The Bertz CT molecular complexity index is 2660. The number of hydrogen-bond acceptors (Lipinski definition) is 17. The largest absolute Gasteiger partial charge is 0.497 e. The summed E-state index contributed by atoms with van der Waals surface area (Å²) in [6.45, 7) is 9.98. The first-order valence-corrected chi connectivity index (χ1v) is 27.6. The van der Waals surface area contributed by atoms with E-state index in [9.17, 15) is 33.6 Å².